The zero-order valence-corrected chi connectivity index (χ0v) is 9.40. The van der Waals surface area contributed by atoms with Crippen molar-refractivity contribution in [3.63, 3.8) is 0 Å². The molecule has 0 saturated heterocycles. The third kappa shape index (κ3) is 1.39. The molecule has 0 atom stereocenters. The molecule has 0 unspecified atom stereocenters. The SMILES string of the molecule is CCc1c[nH]c2cc(C)c(Br)cc12. The molecular weight excluding hydrogens is 226 g/mol. The van der Waals surface area contributed by atoms with Crippen molar-refractivity contribution in [3.8, 4) is 0 Å². The molecule has 1 N–H and O–H groups in total. The van der Waals surface area contributed by atoms with E-state index in [0.29, 0.717) is 0 Å². The Balaban J connectivity index is 2.77. The lowest BCUT2D eigenvalue weighted by atomic mass is 10.1. The monoisotopic (exact) mass is 237 g/mol. The molecule has 1 aromatic heterocycles. The van der Waals surface area contributed by atoms with E-state index in [1.807, 2.05) is 0 Å². The second-order valence-electron chi connectivity index (χ2n) is 3.31. The van der Waals surface area contributed by atoms with Crippen molar-refractivity contribution >= 4 is 26.8 Å². The summed E-state index contributed by atoms with van der Waals surface area (Å²) in [6.07, 6.45) is 3.17. The predicted molar refractivity (Wildman–Crippen MR) is 60.1 cm³/mol. The summed E-state index contributed by atoms with van der Waals surface area (Å²) in [4.78, 5) is 3.29. The van der Waals surface area contributed by atoms with Gasteiger partial charge in [-0.15, -0.1) is 0 Å². The maximum Gasteiger partial charge on any atom is 0.0460 e. The highest BCUT2D eigenvalue weighted by Crippen LogP contribution is 2.26. The third-order valence-corrected chi connectivity index (χ3v) is 3.28. The van der Waals surface area contributed by atoms with Gasteiger partial charge in [-0.1, -0.05) is 22.9 Å². The predicted octanol–water partition coefficient (Wildman–Crippen LogP) is 3.80. The van der Waals surface area contributed by atoms with Gasteiger partial charge in [0.15, 0.2) is 0 Å². The largest absolute Gasteiger partial charge is 0.361 e. The van der Waals surface area contributed by atoms with Crippen LogP contribution in [-0.2, 0) is 6.42 Å². The number of halogens is 1. The fourth-order valence-corrected chi connectivity index (χ4v) is 1.95. The highest BCUT2D eigenvalue weighted by Gasteiger charge is 2.03. The van der Waals surface area contributed by atoms with Gasteiger partial charge in [0.25, 0.3) is 0 Å². The summed E-state index contributed by atoms with van der Waals surface area (Å²) in [5.41, 5.74) is 3.89. The standard InChI is InChI=1S/C11H12BrN/c1-3-8-6-13-11-4-7(2)10(12)5-9(8)11/h4-6,13H,3H2,1-2H3. The lowest BCUT2D eigenvalue weighted by molar-refractivity contribution is 1.15. The van der Waals surface area contributed by atoms with E-state index in [4.69, 9.17) is 0 Å². The third-order valence-electron chi connectivity index (χ3n) is 2.43. The van der Waals surface area contributed by atoms with E-state index in [0.717, 1.165) is 6.42 Å². The molecule has 2 heteroatoms. The summed E-state index contributed by atoms with van der Waals surface area (Å²) in [6, 6.07) is 4.37. The number of hydrogen-bond acceptors (Lipinski definition) is 0. The van der Waals surface area contributed by atoms with Crippen LogP contribution in [0, 0.1) is 6.92 Å². The Bertz CT molecular complexity index is 443. The van der Waals surface area contributed by atoms with Crippen molar-refractivity contribution in [2.75, 3.05) is 0 Å². The van der Waals surface area contributed by atoms with E-state index in [9.17, 15) is 0 Å². The average molecular weight is 238 g/mol. The summed E-state index contributed by atoms with van der Waals surface area (Å²) in [7, 11) is 0. The van der Waals surface area contributed by atoms with Gasteiger partial charge < -0.3 is 4.98 Å². The Morgan fingerprint density at radius 2 is 2.15 bits per heavy atom. The van der Waals surface area contributed by atoms with Gasteiger partial charge in [0.1, 0.15) is 0 Å². The minimum absolute atomic E-state index is 1.08. The number of fused-ring (bicyclic) bond motifs is 1. The minimum Gasteiger partial charge on any atom is -0.361 e. The molecule has 1 nitrogen and oxygen atoms in total. The average Bonchev–Trinajstić information content (AvgIpc) is 2.48. The normalized spacial score (nSPS) is 11.0. The quantitative estimate of drug-likeness (QED) is 0.777. The van der Waals surface area contributed by atoms with Crippen molar-refractivity contribution in [1.82, 2.24) is 4.98 Å². The second kappa shape index (κ2) is 3.18. The first-order valence-electron chi connectivity index (χ1n) is 4.48. The van der Waals surface area contributed by atoms with Crippen LogP contribution in [0.25, 0.3) is 10.9 Å². The number of aromatic amines is 1. The molecule has 1 aromatic carbocycles. The molecule has 0 amide bonds. The van der Waals surface area contributed by atoms with Gasteiger partial charge in [-0.3, -0.25) is 0 Å². The molecule has 0 aliphatic heterocycles. The van der Waals surface area contributed by atoms with Crippen LogP contribution >= 0.6 is 15.9 Å². The molecule has 0 bridgehead atoms. The van der Waals surface area contributed by atoms with Crippen molar-refractivity contribution in [1.29, 1.82) is 0 Å². The number of nitrogens with one attached hydrogen (secondary N) is 1. The molecular formula is C11H12BrN. The number of aryl methyl sites for hydroxylation is 2. The van der Waals surface area contributed by atoms with E-state index in [2.05, 4.69) is 53.1 Å². The Kier molecular flexibility index (Phi) is 2.16. The van der Waals surface area contributed by atoms with Gasteiger partial charge in [0.2, 0.25) is 0 Å². The van der Waals surface area contributed by atoms with Crippen molar-refractivity contribution in [2.24, 2.45) is 0 Å². The first-order valence-corrected chi connectivity index (χ1v) is 5.27. The topological polar surface area (TPSA) is 15.8 Å². The van der Waals surface area contributed by atoms with Crippen molar-refractivity contribution < 1.29 is 0 Å². The van der Waals surface area contributed by atoms with Crippen LogP contribution in [0.2, 0.25) is 0 Å². The zero-order valence-electron chi connectivity index (χ0n) is 7.82. The van der Waals surface area contributed by atoms with E-state index >= 15 is 0 Å². The fourth-order valence-electron chi connectivity index (χ4n) is 1.60. The molecule has 1 heterocycles. The number of aromatic nitrogens is 1. The molecule has 0 saturated carbocycles. The van der Waals surface area contributed by atoms with Crippen LogP contribution in [0.4, 0.5) is 0 Å². The molecule has 2 aromatic rings. The molecule has 0 aliphatic carbocycles. The molecule has 0 radical (unpaired) electrons. The van der Waals surface area contributed by atoms with Gasteiger partial charge in [-0.25, -0.2) is 0 Å². The molecule has 0 fully saturated rings. The number of H-pyrrole nitrogens is 1. The van der Waals surface area contributed by atoms with Crippen LogP contribution in [0.3, 0.4) is 0 Å². The molecule has 0 spiro atoms. The summed E-state index contributed by atoms with van der Waals surface area (Å²) >= 11 is 3.55. The number of hydrogen-bond donors (Lipinski definition) is 1. The maximum absolute atomic E-state index is 3.55. The zero-order chi connectivity index (χ0) is 9.42. The minimum atomic E-state index is 1.08. The van der Waals surface area contributed by atoms with Gasteiger partial charge in [-0.2, -0.15) is 0 Å². The summed E-state index contributed by atoms with van der Waals surface area (Å²) < 4.78 is 1.19. The second-order valence-corrected chi connectivity index (χ2v) is 4.17. The molecule has 68 valence electrons. The fraction of sp³-hybridized carbons (Fsp3) is 0.273. The first-order chi connectivity index (χ1) is 6.22. The maximum atomic E-state index is 3.55. The van der Waals surface area contributed by atoms with Crippen LogP contribution < -0.4 is 0 Å². The van der Waals surface area contributed by atoms with Crippen LogP contribution in [0.15, 0.2) is 22.8 Å². The van der Waals surface area contributed by atoms with Crippen LogP contribution in [-0.4, -0.2) is 4.98 Å². The number of benzene rings is 1. The highest BCUT2D eigenvalue weighted by molar-refractivity contribution is 9.10. The smallest absolute Gasteiger partial charge is 0.0460 e. The highest BCUT2D eigenvalue weighted by atomic mass is 79.9. The first kappa shape index (κ1) is 8.82. The van der Waals surface area contributed by atoms with E-state index in [1.54, 1.807) is 0 Å². The van der Waals surface area contributed by atoms with Crippen molar-refractivity contribution in [2.45, 2.75) is 20.3 Å². The van der Waals surface area contributed by atoms with E-state index < -0.39 is 0 Å². The Morgan fingerprint density at radius 3 is 2.85 bits per heavy atom. The lowest BCUT2D eigenvalue weighted by Crippen LogP contribution is -1.78. The molecule has 0 aliphatic rings. The Hall–Kier alpha value is -0.760. The molecule has 2 rings (SSSR count). The summed E-state index contributed by atoms with van der Waals surface area (Å²) in [5.74, 6) is 0. The van der Waals surface area contributed by atoms with Crippen LogP contribution in [0.5, 0.6) is 0 Å². The molecule has 13 heavy (non-hydrogen) atoms. The van der Waals surface area contributed by atoms with Crippen molar-refractivity contribution in [3.05, 3.63) is 33.9 Å². The van der Waals surface area contributed by atoms with E-state index in [-0.39, 0.29) is 0 Å². The van der Waals surface area contributed by atoms with Gasteiger partial charge in [-0.05, 0) is 36.6 Å². The Morgan fingerprint density at radius 1 is 1.38 bits per heavy atom. The van der Waals surface area contributed by atoms with E-state index in [1.165, 1.54) is 26.5 Å². The summed E-state index contributed by atoms with van der Waals surface area (Å²) in [6.45, 7) is 4.28. The van der Waals surface area contributed by atoms with Gasteiger partial charge >= 0.3 is 0 Å². The van der Waals surface area contributed by atoms with Gasteiger partial charge in [0.05, 0.1) is 0 Å². The number of rotatable bonds is 1. The summed E-state index contributed by atoms with van der Waals surface area (Å²) in [5, 5.41) is 1.33. The Labute approximate surface area is 86.3 Å². The van der Waals surface area contributed by atoms with Crippen LogP contribution in [0.1, 0.15) is 18.1 Å². The van der Waals surface area contributed by atoms with Gasteiger partial charge in [0, 0.05) is 21.6 Å². The lowest BCUT2D eigenvalue weighted by Gasteiger charge is -1.99.